The molecule has 1 saturated carbocycles. The SMILES string of the molecule is Cc1cc(C)c(S(=O)(=O)O)c(C)c1.O=C(O)C1(c2cccc(F)c2)CCCCC1. The number of hydrogen-bond acceptors (Lipinski definition) is 3. The summed E-state index contributed by atoms with van der Waals surface area (Å²) in [6.07, 6.45) is 4.12. The average Bonchev–Trinajstić information content (AvgIpc) is 2.60. The number of carboxylic acid groups (broad SMARTS) is 1. The van der Waals surface area contributed by atoms with Crippen LogP contribution in [0.5, 0.6) is 0 Å². The third-order valence-electron chi connectivity index (χ3n) is 5.36. The molecule has 29 heavy (non-hydrogen) atoms. The molecule has 0 radical (unpaired) electrons. The maximum Gasteiger partial charge on any atom is 0.314 e. The summed E-state index contributed by atoms with van der Waals surface area (Å²) in [6, 6.07) is 9.49. The molecule has 0 aromatic heterocycles. The number of aryl methyl sites for hydroxylation is 3. The minimum atomic E-state index is -4.08. The van der Waals surface area contributed by atoms with E-state index in [-0.39, 0.29) is 10.7 Å². The van der Waals surface area contributed by atoms with Gasteiger partial charge in [0.15, 0.2) is 0 Å². The van der Waals surface area contributed by atoms with Crippen LogP contribution in [0.15, 0.2) is 41.3 Å². The fourth-order valence-electron chi connectivity index (χ4n) is 4.14. The summed E-state index contributed by atoms with van der Waals surface area (Å²) in [7, 11) is -4.08. The number of benzene rings is 2. The quantitative estimate of drug-likeness (QED) is 0.682. The number of carbonyl (C=O) groups is 1. The highest BCUT2D eigenvalue weighted by molar-refractivity contribution is 7.86. The van der Waals surface area contributed by atoms with E-state index in [4.69, 9.17) is 4.55 Å². The van der Waals surface area contributed by atoms with Crippen molar-refractivity contribution in [2.24, 2.45) is 0 Å². The van der Waals surface area contributed by atoms with E-state index in [2.05, 4.69) is 0 Å². The molecule has 0 heterocycles. The first-order valence-corrected chi connectivity index (χ1v) is 11.0. The lowest BCUT2D eigenvalue weighted by Crippen LogP contribution is -2.37. The third-order valence-corrected chi connectivity index (χ3v) is 6.52. The van der Waals surface area contributed by atoms with Crippen LogP contribution in [0.25, 0.3) is 0 Å². The predicted octanol–water partition coefficient (Wildman–Crippen LogP) is 4.97. The summed E-state index contributed by atoms with van der Waals surface area (Å²) in [6.45, 7) is 5.22. The molecule has 0 saturated heterocycles. The van der Waals surface area contributed by atoms with Crippen molar-refractivity contribution in [3.05, 3.63) is 64.5 Å². The minimum Gasteiger partial charge on any atom is -0.481 e. The average molecular weight is 423 g/mol. The normalized spacial score (nSPS) is 15.9. The molecule has 5 nitrogen and oxygen atoms in total. The van der Waals surface area contributed by atoms with Gasteiger partial charge in [-0.1, -0.05) is 49.1 Å². The van der Waals surface area contributed by atoms with Crippen LogP contribution in [0.2, 0.25) is 0 Å². The first-order valence-electron chi connectivity index (χ1n) is 9.52. The zero-order chi connectivity index (χ0) is 21.8. The van der Waals surface area contributed by atoms with Crippen molar-refractivity contribution in [3.63, 3.8) is 0 Å². The van der Waals surface area contributed by atoms with Crippen molar-refractivity contribution in [2.45, 2.75) is 63.2 Å². The summed E-state index contributed by atoms with van der Waals surface area (Å²) >= 11 is 0. The van der Waals surface area contributed by atoms with E-state index >= 15 is 0 Å². The molecule has 2 aromatic rings. The molecule has 0 amide bonds. The van der Waals surface area contributed by atoms with E-state index < -0.39 is 21.5 Å². The van der Waals surface area contributed by atoms with Crippen LogP contribution in [0.4, 0.5) is 4.39 Å². The summed E-state index contributed by atoms with van der Waals surface area (Å²) < 4.78 is 44.0. The molecule has 0 bridgehead atoms. The Morgan fingerprint density at radius 2 is 1.55 bits per heavy atom. The highest BCUT2D eigenvalue weighted by Crippen LogP contribution is 2.39. The molecule has 1 aliphatic rings. The van der Waals surface area contributed by atoms with E-state index in [1.807, 2.05) is 6.92 Å². The smallest absolute Gasteiger partial charge is 0.314 e. The standard InChI is InChI=1S/C13H15FO2.C9H12O3S/c14-11-6-4-5-10(9-11)13(12(15)16)7-2-1-3-8-13;1-6-4-7(2)9(8(3)5-6)13(10,11)12/h4-6,9H,1-3,7-8H2,(H,15,16);4-5H,1-3H3,(H,10,11,12). The van der Waals surface area contributed by atoms with Gasteiger partial charge in [0.2, 0.25) is 0 Å². The van der Waals surface area contributed by atoms with Crippen molar-refractivity contribution >= 4 is 16.1 Å². The Hall–Kier alpha value is -2.25. The van der Waals surface area contributed by atoms with Crippen molar-refractivity contribution < 1.29 is 27.3 Å². The first kappa shape index (κ1) is 23.0. The number of hydrogen-bond donors (Lipinski definition) is 2. The Balaban J connectivity index is 0.000000212. The lowest BCUT2D eigenvalue weighted by atomic mass is 9.69. The maximum absolute atomic E-state index is 13.2. The second kappa shape index (κ2) is 9.05. The highest BCUT2D eigenvalue weighted by Gasteiger charge is 2.41. The predicted molar refractivity (Wildman–Crippen MR) is 109 cm³/mol. The Bertz CT molecular complexity index is 969. The van der Waals surface area contributed by atoms with Gasteiger partial charge in [-0.15, -0.1) is 0 Å². The summed E-state index contributed by atoms with van der Waals surface area (Å²) in [5.41, 5.74) is 1.91. The van der Waals surface area contributed by atoms with Crippen LogP contribution >= 0.6 is 0 Å². The lowest BCUT2D eigenvalue weighted by molar-refractivity contribution is -0.145. The van der Waals surface area contributed by atoms with Crippen molar-refractivity contribution in [1.29, 1.82) is 0 Å². The molecule has 1 fully saturated rings. The molecule has 2 N–H and O–H groups in total. The molecule has 0 spiro atoms. The van der Waals surface area contributed by atoms with Gasteiger partial charge in [0.05, 0.1) is 10.3 Å². The van der Waals surface area contributed by atoms with E-state index in [9.17, 15) is 22.7 Å². The zero-order valence-electron chi connectivity index (χ0n) is 16.9. The lowest BCUT2D eigenvalue weighted by Gasteiger charge is -2.33. The number of carboxylic acids is 1. The molecule has 0 aliphatic heterocycles. The molecule has 158 valence electrons. The minimum absolute atomic E-state index is 0.0260. The van der Waals surface area contributed by atoms with Gasteiger partial charge in [-0.3, -0.25) is 9.35 Å². The fraction of sp³-hybridized carbons (Fsp3) is 0.409. The van der Waals surface area contributed by atoms with E-state index in [1.54, 1.807) is 38.1 Å². The van der Waals surface area contributed by atoms with Crippen LogP contribution < -0.4 is 0 Å². The van der Waals surface area contributed by atoms with E-state index in [0.717, 1.165) is 24.8 Å². The molecular formula is C22H27FO5S. The Labute approximate surface area is 171 Å². The van der Waals surface area contributed by atoms with Crippen LogP contribution in [-0.2, 0) is 20.3 Å². The topological polar surface area (TPSA) is 91.7 Å². The molecule has 3 rings (SSSR count). The van der Waals surface area contributed by atoms with Gasteiger partial charge >= 0.3 is 5.97 Å². The Kier molecular flexibility index (Phi) is 7.19. The van der Waals surface area contributed by atoms with Gasteiger partial charge in [0.1, 0.15) is 5.82 Å². The molecule has 0 atom stereocenters. The van der Waals surface area contributed by atoms with Crippen LogP contribution in [0.1, 0.15) is 54.4 Å². The fourth-order valence-corrected chi connectivity index (χ4v) is 5.07. The van der Waals surface area contributed by atoms with Crippen molar-refractivity contribution in [2.75, 3.05) is 0 Å². The molecular weight excluding hydrogens is 395 g/mol. The van der Waals surface area contributed by atoms with Gasteiger partial charge in [-0.25, -0.2) is 4.39 Å². The maximum atomic E-state index is 13.2. The summed E-state index contributed by atoms with van der Waals surface area (Å²) in [5, 5.41) is 9.41. The second-order valence-corrected chi connectivity index (χ2v) is 9.02. The van der Waals surface area contributed by atoms with Crippen molar-refractivity contribution in [1.82, 2.24) is 0 Å². The highest BCUT2D eigenvalue weighted by atomic mass is 32.2. The number of rotatable bonds is 3. The first-order chi connectivity index (χ1) is 13.5. The van der Waals surface area contributed by atoms with E-state index in [0.29, 0.717) is 29.5 Å². The molecule has 2 aromatic carbocycles. The Morgan fingerprint density at radius 1 is 1.00 bits per heavy atom. The molecule has 1 aliphatic carbocycles. The molecule has 7 heteroatoms. The van der Waals surface area contributed by atoms with Crippen LogP contribution in [0, 0.1) is 26.6 Å². The van der Waals surface area contributed by atoms with E-state index in [1.165, 1.54) is 12.1 Å². The van der Waals surface area contributed by atoms with Crippen LogP contribution in [0.3, 0.4) is 0 Å². The molecule has 0 unspecified atom stereocenters. The number of halogens is 1. The van der Waals surface area contributed by atoms with Gasteiger partial charge in [0, 0.05) is 0 Å². The summed E-state index contributed by atoms with van der Waals surface area (Å²) in [5.74, 6) is -1.18. The van der Waals surface area contributed by atoms with Crippen molar-refractivity contribution in [3.8, 4) is 0 Å². The zero-order valence-corrected chi connectivity index (χ0v) is 17.7. The monoisotopic (exact) mass is 422 g/mol. The van der Waals surface area contributed by atoms with Crippen LogP contribution in [-0.4, -0.2) is 24.0 Å². The number of aliphatic carboxylic acids is 1. The van der Waals surface area contributed by atoms with Gasteiger partial charge < -0.3 is 5.11 Å². The largest absolute Gasteiger partial charge is 0.481 e. The summed E-state index contributed by atoms with van der Waals surface area (Å²) in [4.78, 5) is 11.5. The van der Waals surface area contributed by atoms with Gasteiger partial charge in [-0.05, 0) is 62.4 Å². The second-order valence-electron chi connectivity index (χ2n) is 7.66. The third kappa shape index (κ3) is 5.42. The van der Waals surface area contributed by atoms with Gasteiger partial charge in [0.25, 0.3) is 10.1 Å². The van der Waals surface area contributed by atoms with Gasteiger partial charge in [-0.2, -0.15) is 8.42 Å². The Morgan fingerprint density at radius 3 is 2.00 bits per heavy atom.